The van der Waals surface area contributed by atoms with Crippen LogP contribution in [0.4, 0.5) is 0 Å². The number of ether oxygens (including phenoxy) is 1. The minimum absolute atomic E-state index is 0.190. The van der Waals surface area contributed by atoms with Gasteiger partial charge in [0.05, 0.1) is 12.9 Å². The number of fused-ring (bicyclic) bond motifs is 1. The van der Waals surface area contributed by atoms with Crippen molar-refractivity contribution >= 4 is 22.8 Å². The molecule has 0 spiro atoms. The summed E-state index contributed by atoms with van der Waals surface area (Å²) in [5.74, 6) is 0. The van der Waals surface area contributed by atoms with Crippen LogP contribution >= 0.6 is 11.6 Å². The first kappa shape index (κ1) is 12.7. The number of rotatable bonds is 2. The first-order chi connectivity index (χ1) is 9.13. The van der Waals surface area contributed by atoms with Gasteiger partial charge in [-0.15, -0.1) is 0 Å². The highest BCUT2D eigenvalue weighted by atomic mass is 35.5. The van der Waals surface area contributed by atoms with E-state index in [1.165, 1.54) is 17.2 Å². The van der Waals surface area contributed by atoms with E-state index in [1.807, 2.05) is 0 Å². The summed E-state index contributed by atoms with van der Waals surface area (Å²) in [6.07, 6.45) is -1.44. The van der Waals surface area contributed by atoms with Crippen molar-refractivity contribution < 1.29 is 20.1 Å². The van der Waals surface area contributed by atoms with Gasteiger partial charge in [-0.1, -0.05) is 11.6 Å². The number of aliphatic hydroxyl groups excluding tert-OH is 3. The molecular formula is C10H11ClN4O4. The predicted molar refractivity (Wildman–Crippen MR) is 63.3 cm³/mol. The van der Waals surface area contributed by atoms with Gasteiger partial charge in [-0.3, -0.25) is 4.57 Å². The third-order valence-corrected chi connectivity index (χ3v) is 3.38. The molecule has 1 aliphatic rings. The van der Waals surface area contributed by atoms with E-state index in [4.69, 9.17) is 21.4 Å². The van der Waals surface area contributed by atoms with E-state index < -0.39 is 31.1 Å². The van der Waals surface area contributed by atoms with Crippen LogP contribution in [0.5, 0.6) is 0 Å². The van der Waals surface area contributed by atoms with Crippen molar-refractivity contribution in [3.05, 3.63) is 17.8 Å². The normalized spacial score (nSPS) is 31.2. The molecule has 4 atom stereocenters. The Morgan fingerprint density at radius 1 is 1.26 bits per heavy atom. The molecule has 3 N–H and O–H groups in total. The second-order valence-electron chi connectivity index (χ2n) is 4.22. The molecule has 102 valence electrons. The van der Waals surface area contributed by atoms with Crippen LogP contribution in [-0.2, 0) is 4.74 Å². The number of hydrogen-bond donors (Lipinski definition) is 3. The van der Waals surface area contributed by atoms with Gasteiger partial charge in [-0.05, 0) is 0 Å². The fourth-order valence-corrected chi connectivity index (χ4v) is 2.30. The standard InChI is InChI=1S/C10H11ClN4O4/c11-8-5-9(13-2-12-8)15(3-14-5)10-7(18)6(17)4(1-16)19-10/h2-4,6-7,10,16-18H,1H2/t4-,6-,7-,10-/m1/s1/i12+1,13+1. The minimum Gasteiger partial charge on any atom is -0.394 e. The van der Waals surface area contributed by atoms with Crippen LogP contribution in [-0.4, -0.2) is 59.8 Å². The van der Waals surface area contributed by atoms with Gasteiger partial charge in [0.2, 0.25) is 0 Å². The summed E-state index contributed by atoms with van der Waals surface area (Å²) in [5, 5.41) is 28.9. The average molecular weight is 289 g/mol. The highest BCUT2D eigenvalue weighted by Crippen LogP contribution is 2.31. The maximum atomic E-state index is 9.95. The number of halogens is 1. The van der Waals surface area contributed by atoms with E-state index in [9.17, 15) is 10.2 Å². The van der Waals surface area contributed by atoms with Crippen molar-refractivity contribution in [2.45, 2.75) is 24.5 Å². The van der Waals surface area contributed by atoms with Gasteiger partial charge in [0.1, 0.15) is 30.2 Å². The smallest absolute Gasteiger partial charge is 0.167 e. The van der Waals surface area contributed by atoms with E-state index in [0.29, 0.717) is 11.2 Å². The van der Waals surface area contributed by atoms with E-state index in [2.05, 4.69) is 15.0 Å². The summed E-state index contributed by atoms with van der Waals surface area (Å²) < 4.78 is 6.85. The van der Waals surface area contributed by atoms with Crippen LogP contribution < -0.4 is 0 Å². The SMILES string of the molecule is OC[C@H]1O[C@@H](n2cnc3c(Cl)[15n]c[15n]c32)[C@H](O)[C@@H]1O. The van der Waals surface area contributed by atoms with Crippen LogP contribution in [0, 0.1) is 0 Å². The highest BCUT2D eigenvalue weighted by Gasteiger charge is 2.43. The lowest BCUT2D eigenvalue weighted by molar-refractivity contribution is -0.0511. The lowest BCUT2D eigenvalue weighted by Crippen LogP contribution is -2.33. The Labute approximate surface area is 112 Å². The van der Waals surface area contributed by atoms with Crippen molar-refractivity contribution in [2.75, 3.05) is 6.61 Å². The number of hydrogen-bond acceptors (Lipinski definition) is 7. The molecule has 3 rings (SSSR count). The zero-order valence-corrected chi connectivity index (χ0v) is 10.3. The Bertz CT molecular complexity index is 606. The molecule has 0 saturated carbocycles. The van der Waals surface area contributed by atoms with Crippen LogP contribution in [0.1, 0.15) is 6.23 Å². The zero-order chi connectivity index (χ0) is 13.6. The molecule has 0 unspecified atom stereocenters. The molecule has 0 amide bonds. The lowest BCUT2D eigenvalue weighted by atomic mass is 10.1. The first-order valence-electron chi connectivity index (χ1n) is 5.59. The summed E-state index contributed by atoms with van der Waals surface area (Å²) in [7, 11) is 0. The van der Waals surface area contributed by atoms with E-state index in [0.717, 1.165) is 0 Å². The van der Waals surface area contributed by atoms with Crippen LogP contribution in [0.3, 0.4) is 0 Å². The molecule has 9 heteroatoms. The monoisotopic (exact) mass is 288 g/mol. The van der Waals surface area contributed by atoms with E-state index in [-0.39, 0.29) is 5.15 Å². The summed E-state index contributed by atoms with van der Waals surface area (Å²) in [6.45, 7) is -0.392. The molecule has 19 heavy (non-hydrogen) atoms. The maximum Gasteiger partial charge on any atom is 0.167 e. The lowest BCUT2D eigenvalue weighted by Gasteiger charge is -2.16. The molecule has 1 saturated heterocycles. The second kappa shape index (κ2) is 4.66. The van der Waals surface area contributed by atoms with Crippen molar-refractivity contribution in [1.29, 1.82) is 0 Å². The molecule has 0 bridgehead atoms. The summed E-state index contributed by atoms with van der Waals surface area (Å²) in [6, 6.07) is 0. The van der Waals surface area contributed by atoms with E-state index >= 15 is 0 Å². The molecule has 2 aromatic heterocycles. The molecule has 8 nitrogen and oxygen atoms in total. The molecule has 1 aliphatic heterocycles. The van der Waals surface area contributed by atoms with Gasteiger partial charge >= 0.3 is 0 Å². The third kappa shape index (κ3) is 1.88. The predicted octanol–water partition coefficient (Wildman–Crippen LogP) is -0.909. The van der Waals surface area contributed by atoms with Gasteiger partial charge in [-0.25, -0.2) is 15.0 Å². The molecule has 0 aliphatic carbocycles. The Morgan fingerprint density at radius 3 is 2.74 bits per heavy atom. The fraction of sp³-hybridized carbons (Fsp3) is 0.500. The molecule has 0 aromatic carbocycles. The molecule has 0 radical (unpaired) electrons. The van der Waals surface area contributed by atoms with Gasteiger partial charge in [0, 0.05) is 0 Å². The Kier molecular flexibility index (Phi) is 3.11. The number of nitrogens with zero attached hydrogens (tertiary/aromatic N) is 4. The maximum absolute atomic E-state index is 9.95. The topological polar surface area (TPSA) is 114 Å². The quantitative estimate of drug-likeness (QED) is 0.613. The van der Waals surface area contributed by atoms with Gasteiger partial charge in [0.25, 0.3) is 0 Å². The molecule has 1 fully saturated rings. The summed E-state index contributed by atoms with van der Waals surface area (Å²) in [4.78, 5) is 11.9. The zero-order valence-electron chi connectivity index (χ0n) is 9.59. The molecule has 3 heterocycles. The Hall–Kier alpha value is -1.32. The molecular weight excluding hydrogens is 278 g/mol. The molecule has 2 aromatic rings. The number of aliphatic hydroxyl groups is 3. The van der Waals surface area contributed by atoms with Gasteiger partial charge in [0.15, 0.2) is 17.0 Å². The van der Waals surface area contributed by atoms with E-state index in [1.54, 1.807) is 0 Å². The third-order valence-electron chi connectivity index (χ3n) is 3.11. The number of imidazole rings is 1. The van der Waals surface area contributed by atoms with Crippen molar-refractivity contribution in [3.63, 3.8) is 0 Å². The van der Waals surface area contributed by atoms with Crippen LogP contribution in [0.15, 0.2) is 12.7 Å². The first-order valence-corrected chi connectivity index (χ1v) is 5.96. The minimum atomic E-state index is -1.19. The number of aromatic nitrogens is 4. The fourth-order valence-electron chi connectivity index (χ4n) is 2.12. The second-order valence-corrected chi connectivity index (χ2v) is 4.58. The van der Waals surface area contributed by atoms with Gasteiger partial charge < -0.3 is 20.1 Å². The van der Waals surface area contributed by atoms with Crippen molar-refractivity contribution in [3.8, 4) is 0 Å². The van der Waals surface area contributed by atoms with Crippen molar-refractivity contribution in [2.24, 2.45) is 0 Å². The van der Waals surface area contributed by atoms with Crippen LogP contribution in [0.2, 0.25) is 5.15 Å². The highest BCUT2D eigenvalue weighted by molar-refractivity contribution is 6.33. The Morgan fingerprint density at radius 2 is 2.05 bits per heavy atom. The largest absolute Gasteiger partial charge is 0.394 e. The summed E-state index contributed by atoms with van der Waals surface area (Å²) in [5.41, 5.74) is 0.761. The van der Waals surface area contributed by atoms with Crippen molar-refractivity contribution in [1.82, 2.24) is 19.5 Å². The summed E-state index contributed by atoms with van der Waals surface area (Å²) >= 11 is 5.88. The average Bonchev–Trinajstić information content (AvgIpc) is 2.94. The van der Waals surface area contributed by atoms with Gasteiger partial charge in [-0.2, -0.15) is 0 Å². The van der Waals surface area contributed by atoms with Crippen LogP contribution in [0.25, 0.3) is 11.2 Å². The Balaban J connectivity index is 2.04.